The molecule has 0 heterocycles. The van der Waals surface area contributed by atoms with Crippen LogP contribution in [0.5, 0.6) is 11.5 Å². The number of hydrogen-bond acceptors (Lipinski definition) is 4. The second-order valence-corrected chi connectivity index (χ2v) is 4.30. The zero-order chi connectivity index (χ0) is 15.4. The number of nitrogens with zero attached hydrogens (tertiary/aromatic N) is 2. The van der Waals surface area contributed by atoms with Crippen molar-refractivity contribution in [2.45, 2.75) is 5.88 Å². The van der Waals surface area contributed by atoms with Crippen molar-refractivity contribution in [3.05, 3.63) is 63.5 Å². The predicted molar refractivity (Wildman–Crippen MR) is 73.8 cm³/mol. The van der Waals surface area contributed by atoms with Crippen LogP contribution < -0.4 is 4.74 Å². The SMILES string of the molecule is N#Cc1ccc(Oc2ccc([N+](=O)[O-])c(CCl)c2)cc1F. The van der Waals surface area contributed by atoms with E-state index >= 15 is 0 Å². The molecular formula is C14H8ClFN2O3. The van der Waals surface area contributed by atoms with Crippen molar-refractivity contribution in [3.8, 4) is 17.6 Å². The molecule has 0 amide bonds. The number of ether oxygens (including phenoxy) is 1. The number of halogens is 2. The summed E-state index contributed by atoms with van der Waals surface area (Å²) in [6, 6.07) is 9.58. The summed E-state index contributed by atoms with van der Waals surface area (Å²) in [6.45, 7) is 0. The molecule has 0 radical (unpaired) electrons. The number of alkyl halides is 1. The summed E-state index contributed by atoms with van der Waals surface area (Å²) in [5.74, 6) is -0.273. The molecule has 2 aromatic carbocycles. The predicted octanol–water partition coefficient (Wildman–Crippen LogP) is 4.14. The highest BCUT2D eigenvalue weighted by Crippen LogP contribution is 2.29. The zero-order valence-corrected chi connectivity index (χ0v) is 11.3. The molecule has 2 aromatic rings. The molecule has 0 bridgehead atoms. The van der Waals surface area contributed by atoms with Gasteiger partial charge in [0.2, 0.25) is 0 Å². The van der Waals surface area contributed by atoms with Crippen LogP contribution in [0.4, 0.5) is 10.1 Å². The van der Waals surface area contributed by atoms with Crippen molar-refractivity contribution in [1.29, 1.82) is 5.26 Å². The Labute approximate surface area is 124 Å². The van der Waals surface area contributed by atoms with Gasteiger partial charge in [-0.1, -0.05) is 0 Å². The fourth-order valence-electron chi connectivity index (χ4n) is 1.70. The van der Waals surface area contributed by atoms with Crippen LogP contribution >= 0.6 is 11.6 Å². The van der Waals surface area contributed by atoms with Crippen molar-refractivity contribution < 1.29 is 14.1 Å². The van der Waals surface area contributed by atoms with Crippen molar-refractivity contribution >= 4 is 17.3 Å². The minimum Gasteiger partial charge on any atom is -0.457 e. The molecule has 0 fully saturated rings. The van der Waals surface area contributed by atoms with E-state index in [0.29, 0.717) is 11.3 Å². The molecule has 0 aliphatic carbocycles. The zero-order valence-electron chi connectivity index (χ0n) is 10.5. The second kappa shape index (κ2) is 6.20. The normalized spacial score (nSPS) is 9.95. The summed E-state index contributed by atoms with van der Waals surface area (Å²) in [5.41, 5.74) is 0.101. The third-order valence-electron chi connectivity index (χ3n) is 2.69. The molecule has 0 aliphatic heterocycles. The molecule has 7 heteroatoms. The molecule has 21 heavy (non-hydrogen) atoms. The Bertz CT molecular complexity index is 743. The lowest BCUT2D eigenvalue weighted by Gasteiger charge is -2.07. The second-order valence-electron chi connectivity index (χ2n) is 4.04. The Morgan fingerprint density at radius 3 is 2.52 bits per heavy atom. The maximum atomic E-state index is 13.5. The monoisotopic (exact) mass is 306 g/mol. The Kier molecular flexibility index (Phi) is 4.36. The van der Waals surface area contributed by atoms with Gasteiger partial charge in [0.05, 0.1) is 16.4 Å². The first-order chi connectivity index (χ1) is 10.0. The summed E-state index contributed by atoms with van der Waals surface area (Å²) in [5, 5.41) is 19.4. The minimum absolute atomic E-state index is 0.0464. The van der Waals surface area contributed by atoms with Crippen LogP contribution in [-0.4, -0.2) is 4.92 Å². The maximum absolute atomic E-state index is 13.5. The quantitative estimate of drug-likeness (QED) is 0.483. The summed E-state index contributed by atoms with van der Waals surface area (Å²) in [4.78, 5) is 10.3. The third kappa shape index (κ3) is 3.27. The largest absolute Gasteiger partial charge is 0.457 e. The molecule has 5 nitrogen and oxygen atoms in total. The van der Waals surface area contributed by atoms with Gasteiger partial charge in [-0.05, 0) is 24.3 Å². The molecule has 0 saturated carbocycles. The standard InChI is InChI=1S/C14H8ClFN2O3/c15-7-10-5-11(3-4-14(10)18(19)20)21-12-2-1-9(8-17)13(16)6-12/h1-6H,7H2. The number of nitriles is 1. The summed E-state index contributed by atoms with van der Waals surface area (Å²) in [6.07, 6.45) is 0. The van der Waals surface area contributed by atoms with Gasteiger partial charge in [0.15, 0.2) is 0 Å². The molecule has 0 unspecified atom stereocenters. The van der Waals surface area contributed by atoms with E-state index in [2.05, 4.69) is 0 Å². The van der Waals surface area contributed by atoms with E-state index in [0.717, 1.165) is 6.07 Å². The summed E-state index contributed by atoms with van der Waals surface area (Å²) < 4.78 is 18.9. The third-order valence-corrected chi connectivity index (χ3v) is 2.98. The van der Waals surface area contributed by atoms with E-state index < -0.39 is 10.7 Å². The maximum Gasteiger partial charge on any atom is 0.274 e. The average molecular weight is 307 g/mol. The number of hydrogen-bond donors (Lipinski definition) is 0. The summed E-state index contributed by atoms with van der Waals surface area (Å²) >= 11 is 5.66. The van der Waals surface area contributed by atoms with Crippen LogP contribution in [0.2, 0.25) is 0 Å². The fourth-order valence-corrected chi connectivity index (χ4v) is 1.91. The van der Waals surface area contributed by atoms with Gasteiger partial charge in [0.1, 0.15) is 23.4 Å². The van der Waals surface area contributed by atoms with Gasteiger partial charge in [0, 0.05) is 17.7 Å². The average Bonchev–Trinajstić information content (AvgIpc) is 2.47. The topological polar surface area (TPSA) is 76.2 Å². The van der Waals surface area contributed by atoms with Gasteiger partial charge in [0.25, 0.3) is 5.69 Å². The van der Waals surface area contributed by atoms with E-state index in [-0.39, 0.29) is 22.9 Å². The van der Waals surface area contributed by atoms with Crippen LogP contribution in [0.3, 0.4) is 0 Å². The lowest BCUT2D eigenvalue weighted by Crippen LogP contribution is -1.95. The lowest BCUT2D eigenvalue weighted by atomic mass is 10.2. The fraction of sp³-hybridized carbons (Fsp3) is 0.0714. The van der Waals surface area contributed by atoms with E-state index in [9.17, 15) is 14.5 Å². The minimum atomic E-state index is -0.700. The number of nitro benzene ring substituents is 1. The van der Waals surface area contributed by atoms with Gasteiger partial charge in [-0.15, -0.1) is 11.6 Å². The van der Waals surface area contributed by atoms with Gasteiger partial charge < -0.3 is 4.74 Å². The smallest absolute Gasteiger partial charge is 0.274 e. The molecule has 0 aromatic heterocycles. The Balaban J connectivity index is 2.30. The first-order valence-electron chi connectivity index (χ1n) is 5.76. The molecule has 0 atom stereocenters. The van der Waals surface area contributed by atoms with E-state index in [1.54, 1.807) is 6.07 Å². The van der Waals surface area contributed by atoms with Crippen LogP contribution in [-0.2, 0) is 5.88 Å². The number of benzene rings is 2. The van der Waals surface area contributed by atoms with Crippen molar-refractivity contribution in [2.75, 3.05) is 0 Å². The van der Waals surface area contributed by atoms with Gasteiger partial charge in [-0.3, -0.25) is 10.1 Å². The van der Waals surface area contributed by atoms with Crippen molar-refractivity contribution in [1.82, 2.24) is 0 Å². The Morgan fingerprint density at radius 1 is 1.29 bits per heavy atom. The molecule has 2 rings (SSSR count). The molecule has 0 aliphatic rings. The van der Waals surface area contributed by atoms with Crippen LogP contribution in [0, 0.1) is 27.3 Å². The Morgan fingerprint density at radius 2 is 1.95 bits per heavy atom. The highest BCUT2D eigenvalue weighted by atomic mass is 35.5. The van der Waals surface area contributed by atoms with Gasteiger partial charge in [-0.25, -0.2) is 4.39 Å². The highest BCUT2D eigenvalue weighted by Gasteiger charge is 2.14. The van der Waals surface area contributed by atoms with E-state index in [4.69, 9.17) is 21.6 Å². The van der Waals surface area contributed by atoms with Gasteiger partial charge in [-0.2, -0.15) is 5.26 Å². The lowest BCUT2D eigenvalue weighted by molar-refractivity contribution is -0.385. The number of rotatable bonds is 4. The molecule has 106 valence electrons. The van der Waals surface area contributed by atoms with Crippen LogP contribution in [0.25, 0.3) is 0 Å². The molecule has 0 N–H and O–H groups in total. The first kappa shape index (κ1) is 14.8. The Hall–Kier alpha value is -2.65. The van der Waals surface area contributed by atoms with Crippen molar-refractivity contribution in [3.63, 3.8) is 0 Å². The molecule has 0 saturated heterocycles. The highest BCUT2D eigenvalue weighted by molar-refractivity contribution is 6.17. The summed E-state index contributed by atoms with van der Waals surface area (Å²) in [7, 11) is 0. The van der Waals surface area contributed by atoms with Crippen LogP contribution in [0.15, 0.2) is 36.4 Å². The first-order valence-corrected chi connectivity index (χ1v) is 6.29. The number of nitro groups is 1. The van der Waals surface area contributed by atoms with Gasteiger partial charge >= 0.3 is 0 Å². The molecule has 0 spiro atoms. The van der Waals surface area contributed by atoms with E-state index in [1.807, 2.05) is 0 Å². The van der Waals surface area contributed by atoms with E-state index in [1.165, 1.54) is 30.3 Å². The van der Waals surface area contributed by atoms with Crippen LogP contribution in [0.1, 0.15) is 11.1 Å². The molecular weight excluding hydrogens is 299 g/mol. The van der Waals surface area contributed by atoms with Crippen molar-refractivity contribution in [2.24, 2.45) is 0 Å².